The molecular formula is C23H33N3OS. The van der Waals surface area contributed by atoms with Gasteiger partial charge in [-0.25, -0.2) is 0 Å². The number of likely N-dealkylation sites (tertiary alicyclic amines) is 1. The van der Waals surface area contributed by atoms with Crippen molar-refractivity contribution in [1.29, 1.82) is 0 Å². The van der Waals surface area contributed by atoms with Gasteiger partial charge in [0.15, 0.2) is 0 Å². The zero-order chi connectivity index (χ0) is 19.7. The van der Waals surface area contributed by atoms with Gasteiger partial charge in [-0.3, -0.25) is 8.77 Å². The topological polar surface area (TPSA) is 28.5 Å². The van der Waals surface area contributed by atoms with Crippen molar-refractivity contribution in [3.05, 3.63) is 35.0 Å². The molecule has 0 N–H and O–H groups in total. The fourth-order valence-corrected chi connectivity index (χ4v) is 5.68. The molecule has 0 aliphatic carbocycles. The Morgan fingerprint density at radius 3 is 2.75 bits per heavy atom. The summed E-state index contributed by atoms with van der Waals surface area (Å²) in [7, 11) is 2.19. The highest BCUT2D eigenvalue weighted by atomic mass is 32.2. The van der Waals surface area contributed by atoms with Crippen molar-refractivity contribution in [2.75, 3.05) is 32.4 Å². The smallest absolute Gasteiger partial charge is 0.253 e. The van der Waals surface area contributed by atoms with Crippen LogP contribution in [0.5, 0.6) is 0 Å². The molecule has 0 unspecified atom stereocenters. The molecule has 0 spiro atoms. The van der Waals surface area contributed by atoms with Crippen molar-refractivity contribution < 1.29 is 4.79 Å². The first kappa shape index (κ1) is 19.8. The average molecular weight is 400 g/mol. The molecule has 3 heterocycles. The van der Waals surface area contributed by atoms with E-state index in [-0.39, 0.29) is 5.91 Å². The van der Waals surface area contributed by atoms with Gasteiger partial charge in [0.2, 0.25) is 0 Å². The van der Waals surface area contributed by atoms with E-state index in [0.717, 1.165) is 62.7 Å². The SMILES string of the molecule is CCCCSn1c2c(c3cc(C(=O)N4CCC(C)CC4)ccc31)CN(C)CC2. The molecule has 0 bridgehead atoms. The molecule has 2 aromatic rings. The summed E-state index contributed by atoms with van der Waals surface area (Å²) in [6, 6.07) is 6.41. The summed E-state index contributed by atoms with van der Waals surface area (Å²) in [5, 5.41) is 1.28. The lowest BCUT2D eigenvalue weighted by Gasteiger charge is -2.30. The zero-order valence-electron chi connectivity index (χ0n) is 17.5. The standard InChI is InChI=1S/C23H33N3OS/c1-4-5-14-28-26-21-7-6-18(23(27)25-12-8-17(2)9-13-25)15-19(21)20-16-24(3)11-10-22(20)26/h6-7,15,17H,4-5,8-14,16H2,1-3H3. The number of likely N-dealkylation sites (N-methyl/N-ethyl adjacent to an activating group) is 1. The summed E-state index contributed by atoms with van der Waals surface area (Å²) in [5.74, 6) is 2.09. The molecule has 4 rings (SSSR count). The van der Waals surface area contributed by atoms with Gasteiger partial charge in [0.1, 0.15) is 0 Å². The number of hydrogen-bond donors (Lipinski definition) is 0. The second-order valence-corrected chi connectivity index (χ2v) is 9.63. The van der Waals surface area contributed by atoms with Gasteiger partial charge >= 0.3 is 0 Å². The van der Waals surface area contributed by atoms with Crippen molar-refractivity contribution in [2.45, 2.75) is 52.5 Å². The molecule has 0 atom stereocenters. The van der Waals surface area contributed by atoms with E-state index >= 15 is 0 Å². The third-order valence-corrected chi connectivity index (χ3v) is 7.47. The van der Waals surface area contributed by atoms with Crippen LogP contribution in [0.3, 0.4) is 0 Å². The Kier molecular flexibility index (Phi) is 6.02. The van der Waals surface area contributed by atoms with Crippen LogP contribution in [0.25, 0.3) is 10.9 Å². The number of hydrogen-bond acceptors (Lipinski definition) is 3. The Hall–Kier alpha value is -1.46. The summed E-state index contributed by atoms with van der Waals surface area (Å²) in [5.41, 5.74) is 5.03. The molecule has 2 aliphatic heterocycles. The van der Waals surface area contributed by atoms with Gasteiger partial charge in [0.05, 0.1) is 5.52 Å². The summed E-state index contributed by atoms with van der Waals surface area (Å²) in [6.07, 6.45) is 5.80. The minimum atomic E-state index is 0.207. The summed E-state index contributed by atoms with van der Waals surface area (Å²) in [6.45, 7) is 8.41. The Bertz CT molecular complexity index is 851. The maximum atomic E-state index is 13.1. The van der Waals surface area contributed by atoms with Crippen LogP contribution in [0.15, 0.2) is 18.2 Å². The third-order valence-electron chi connectivity index (χ3n) is 6.33. The third kappa shape index (κ3) is 3.84. The number of fused-ring (bicyclic) bond motifs is 3. The molecule has 0 saturated carbocycles. The van der Waals surface area contributed by atoms with Gasteiger partial charge in [-0.15, -0.1) is 0 Å². The normalized spacial score (nSPS) is 18.6. The van der Waals surface area contributed by atoms with Crippen LogP contribution >= 0.6 is 11.9 Å². The maximum absolute atomic E-state index is 13.1. The minimum absolute atomic E-state index is 0.207. The number of carbonyl (C=O) groups is 1. The average Bonchev–Trinajstić information content (AvgIpc) is 3.01. The lowest BCUT2D eigenvalue weighted by molar-refractivity contribution is 0.0697. The molecule has 1 fully saturated rings. The highest BCUT2D eigenvalue weighted by Gasteiger charge is 2.25. The second kappa shape index (κ2) is 8.50. The Balaban J connectivity index is 1.68. The number of carbonyl (C=O) groups excluding carboxylic acids is 1. The monoisotopic (exact) mass is 399 g/mol. The number of unbranched alkanes of at least 4 members (excludes halogenated alkanes) is 1. The van der Waals surface area contributed by atoms with Crippen molar-refractivity contribution in [3.8, 4) is 0 Å². The van der Waals surface area contributed by atoms with Gasteiger partial charge in [-0.05, 0) is 67.9 Å². The van der Waals surface area contributed by atoms with Crippen LogP contribution < -0.4 is 0 Å². The number of aromatic nitrogens is 1. The molecule has 28 heavy (non-hydrogen) atoms. The van der Waals surface area contributed by atoms with E-state index in [4.69, 9.17) is 0 Å². The Morgan fingerprint density at radius 2 is 2.00 bits per heavy atom. The number of piperidine rings is 1. The molecule has 0 radical (unpaired) electrons. The second-order valence-electron chi connectivity index (χ2n) is 8.60. The van der Waals surface area contributed by atoms with E-state index in [1.165, 1.54) is 35.0 Å². The van der Waals surface area contributed by atoms with E-state index < -0.39 is 0 Å². The van der Waals surface area contributed by atoms with E-state index in [1.807, 2.05) is 16.8 Å². The molecule has 1 amide bonds. The quantitative estimate of drug-likeness (QED) is 0.676. The number of amides is 1. The van der Waals surface area contributed by atoms with Crippen molar-refractivity contribution in [2.24, 2.45) is 5.92 Å². The predicted molar refractivity (Wildman–Crippen MR) is 119 cm³/mol. The first-order chi connectivity index (χ1) is 13.6. The lowest BCUT2D eigenvalue weighted by Crippen LogP contribution is -2.37. The fraction of sp³-hybridized carbons (Fsp3) is 0.609. The van der Waals surface area contributed by atoms with Crippen LogP contribution in [0, 0.1) is 5.92 Å². The van der Waals surface area contributed by atoms with Crippen LogP contribution in [0.4, 0.5) is 0 Å². The van der Waals surface area contributed by atoms with E-state index in [1.54, 1.807) is 0 Å². The molecule has 1 aromatic heterocycles. The minimum Gasteiger partial charge on any atom is -0.339 e. The highest BCUT2D eigenvalue weighted by Crippen LogP contribution is 2.35. The van der Waals surface area contributed by atoms with Crippen molar-refractivity contribution in [1.82, 2.24) is 13.8 Å². The number of benzene rings is 1. The molecule has 152 valence electrons. The molecule has 5 heteroatoms. The van der Waals surface area contributed by atoms with Crippen LogP contribution in [-0.4, -0.2) is 52.1 Å². The van der Waals surface area contributed by atoms with E-state index in [0.29, 0.717) is 0 Å². The van der Waals surface area contributed by atoms with Gasteiger partial charge < -0.3 is 9.80 Å². The first-order valence-corrected chi connectivity index (χ1v) is 11.8. The fourth-order valence-electron chi connectivity index (χ4n) is 4.43. The Labute approximate surface area is 173 Å². The largest absolute Gasteiger partial charge is 0.339 e. The van der Waals surface area contributed by atoms with Gasteiger partial charge in [0, 0.05) is 55.0 Å². The van der Waals surface area contributed by atoms with Crippen molar-refractivity contribution in [3.63, 3.8) is 0 Å². The molecular weight excluding hydrogens is 366 g/mol. The predicted octanol–water partition coefficient (Wildman–Crippen LogP) is 4.80. The lowest BCUT2D eigenvalue weighted by atomic mass is 9.98. The first-order valence-electron chi connectivity index (χ1n) is 10.9. The van der Waals surface area contributed by atoms with Crippen LogP contribution in [0.2, 0.25) is 0 Å². The van der Waals surface area contributed by atoms with Gasteiger partial charge in [0.25, 0.3) is 5.91 Å². The van der Waals surface area contributed by atoms with Crippen LogP contribution in [0.1, 0.15) is 61.1 Å². The van der Waals surface area contributed by atoms with Gasteiger partial charge in [-0.2, -0.15) is 0 Å². The van der Waals surface area contributed by atoms with E-state index in [9.17, 15) is 4.79 Å². The summed E-state index contributed by atoms with van der Waals surface area (Å²) in [4.78, 5) is 17.5. The van der Waals surface area contributed by atoms with Crippen molar-refractivity contribution >= 4 is 28.8 Å². The molecule has 1 aromatic carbocycles. The molecule has 2 aliphatic rings. The number of nitrogens with zero attached hydrogens (tertiary/aromatic N) is 3. The Morgan fingerprint density at radius 1 is 1.21 bits per heavy atom. The molecule has 4 nitrogen and oxygen atoms in total. The maximum Gasteiger partial charge on any atom is 0.253 e. The highest BCUT2D eigenvalue weighted by molar-refractivity contribution is 7.98. The summed E-state index contributed by atoms with van der Waals surface area (Å²) < 4.78 is 2.46. The summed E-state index contributed by atoms with van der Waals surface area (Å²) >= 11 is 1.94. The van der Waals surface area contributed by atoms with Gasteiger partial charge in [-0.1, -0.05) is 20.3 Å². The molecule has 1 saturated heterocycles. The van der Waals surface area contributed by atoms with E-state index in [2.05, 4.69) is 48.0 Å². The zero-order valence-corrected chi connectivity index (χ0v) is 18.4. The number of rotatable bonds is 5. The van der Waals surface area contributed by atoms with Crippen LogP contribution in [-0.2, 0) is 13.0 Å².